The fourth-order valence-corrected chi connectivity index (χ4v) is 7.58. The minimum absolute atomic E-state index is 0.889. The highest BCUT2D eigenvalue weighted by molar-refractivity contribution is 6.21. The molecule has 0 saturated heterocycles. The van der Waals surface area contributed by atoms with E-state index < -0.39 is 0 Å². The van der Waals surface area contributed by atoms with Gasteiger partial charge in [-0.25, -0.2) is 0 Å². The summed E-state index contributed by atoms with van der Waals surface area (Å²) in [7, 11) is 0. The van der Waals surface area contributed by atoms with Crippen molar-refractivity contribution in [3.05, 3.63) is 182 Å². The highest BCUT2D eigenvalue weighted by Crippen LogP contribution is 2.44. The molecule has 1 nitrogen and oxygen atoms in total. The molecule has 0 fully saturated rings. The van der Waals surface area contributed by atoms with E-state index in [0.717, 1.165) is 38.6 Å². The van der Waals surface area contributed by atoms with Crippen molar-refractivity contribution in [2.24, 2.45) is 0 Å². The van der Waals surface area contributed by atoms with Crippen LogP contribution in [-0.2, 0) is 0 Å². The van der Waals surface area contributed by atoms with Gasteiger partial charge in [0.25, 0.3) is 0 Å². The summed E-state index contributed by atoms with van der Waals surface area (Å²) in [6.07, 6.45) is 6.06. The molecule has 0 aliphatic carbocycles. The van der Waals surface area contributed by atoms with Crippen LogP contribution in [0.2, 0.25) is 0 Å². The smallest absolute Gasteiger partial charge is 0.136 e. The molecule has 0 bridgehead atoms. The average molecular weight is 639 g/mol. The fourth-order valence-electron chi connectivity index (χ4n) is 7.58. The maximum Gasteiger partial charge on any atom is 0.136 e. The van der Waals surface area contributed by atoms with Crippen molar-refractivity contribution in [2.75, 3.05) is 0 Å². The van der Waals surface area contributed by atoms with Crippen LogP contribution in [0.4, 0.5) is 0 Å². The highest BCUT2D eigenvalue weighted by atomic mass is 16.3. The predicted molar refractivity (Wildman–Crippen MR) is 215 cm³/mol. The van der Waals surface area contributed by atoms with Crippen LogP contribution in [-0.4, -0.2) is 0 Å². The number of hydrogen-bond donors (Lipinski definition) is 0. The van der Waals surface area contributed by atoms with Gasteiger partial charge in [0, 0.05) is 10.8 Å². The highest BCUT2D eigenvalue weighted by Gasteiger charge is 2.17. The summed E-state index contributed by atoms with van der Waals surface area (Å²) in [5.74, 6) is 0. The van der Waals surface area contributed by atoms with Crippen LogP contribution in [0.5, 0.6) is 0 Å². The molecule has 9 rings (SSSR count). The Bertz CT molecular complexity index is 2690. The second-order valence-corrected chi connectivity index (χ2v) is 12.9. The number of furan rings is 1. The molecule has 0 aliphatic rings. The van der Waals surface area contributed by atoms with E-state index in [1.165, 1.54) is 60.5 Å². The summed E-state index contributed by atoms with van der Waals surface area (Å²) in [5.41, 5.74) is 13.7. The minimum atomic E-state index is 0.889. The fraction of sp³-hybridized carbons (Fsp3) is 0.0204. The molecule has 0 N–H and O–H groups in total. The molecule has 0 radical (unpaired) electrons. The molecule has 1 heterocycles. The summed E-state index contributed by atoms with van der Waals surface area (Å²) in [6, 6.07) is 57.1. The van der Waals surface area contributed by atoms with E-state index in [-0.39, 0.29) is 0 Å². The third kappa shape index (κ3) is 4.95. The van der Waals surface area contributed by atoms with Gasteiger partial charge in [0.15, 0.2) is 0 Å². The van der Waals surface area contributed by atoms with E-state index in [2.05, 4.69) is 170 Å². The van der Waals surface area contributed by atoms with Crippen LogP contribution in [0, 0.1) is 0 Å². The minimum Gasteiger partial charge on any atom is -0.456 e. The molecule has 1 heteroatoms. The van der Waals surface area contributed by atoms with E-state index in [1.54, 1.807) is 0 Å². The second-order valence-electron chi connectivity index (χ2n) is 12.9. The van der Waals surface area contributed by atoms with Crippen LogP contribution < -0.4 is 0 Å². The van der Waals surface area contributed by atoms with E-state index in [1.807, 2.05) is 19.1 Å². The Morgan fingerprint density at radius 3 is 1.40 bits per heavy atom. The molecule has 0 aliphatic heterocycles. The molecule has 0 amide bonds. The lowest BCUT2D eigenvalue weighted by atomic mass is 9.85. The van der Waals surface area contributed by atoms with Gasteiger partial charge in [-0.05, 0) is 108 Å². The largest absolute Gasteiger partial charge is 0.456 e. The van der Waals surface area contributed by atoms with Gasteiger partial charge >= 0.3 is 0 Å². The van der Waals surface area contributed by atoms with Crippen LogP contribution in [0.25, 0.3) is 100 Å². The van der Waals surface area contributed by atoms with Gasteiger partial charge < -0.3 is 4.42 Å². The van der Waals surface area contributed by atoms with E-state index in [4.69, 9.17) is 4.42 Å². The van der Waals surface area contributed by atoms with Crippen LogP contribution in [0.3, 0.4) is 0 Å². The van der Waals surface area contributed by atoms with Crippen molar-refractivity contribution in [2.45, 2.75) is 6.92 Å². The van der Waals surface area contributed by atoms with Gasteiger partial charge in [-0.3, -0.25) is 0 Å². The molecule has 236 valence electrons. The Morgan fingerprint density at radius 1 is 0.400 bits per heavy atom. The monoisotopic (exact) mass is 638 g/mol. The number of hydrogen-bond acceptors (Lipinski definition) is 1. The molecule has 0 atom stereocenters. The quantitative estimate of drug-likeness (QED) is 0.165. The lowest BCUT2D eigenvalue weighted by Gasteiger charge is -2.18. The van der Waals surface area contributed by atoms with Crippen molar-refractivity contribution < 1.29 is 4.42 Å². The van der Waals surface area contributed by atoms with Crippen molar-refractivity contribution in [3.8, 4) is 44.5 Å². The third-order valence-corrected chi connectivity index (χ3v) is 9.96. The first-order valence-electron chi connectivity index (χ1n) is 17.2. The van der Waals surface area contributed by atoms with Crippen molar-refractivity contribution in [1.29, 1.82) is 0 Å². The number of fused-ring (bicyclic) bond motifs is 5. The van der Waals surface area contributed by atoms with Gasteiger partial charge in [0.1, 0.15) is 11.2 Å². The zero-order chi connectivity index (χ0) is 33.6. The van der Waals surface area contributed by atoms with E-state index in [9.17, 15) is 0 Å². The van der Waals surface area contributed by atoms with Gasteiger partial charge in [0.2, 0.25) is 0 Å². The van der Waals surface area contributed by atoms with Crippen LogP contribution in [0.15, 0.2) is 175 Å². The summed E-state index contributed by atoms with van der Waals surface area (Å²) >= 11 is 0. The average Bonchev–Trinajstić information content (AvgIpc) is 3.54. The van der Waals surface area contributed by atoms with Crippen LogP contribution >= 0.6 is 0 Å². The second kappa shape index (κ2) is 12.2. The SMILES string of the molecule is C=Cc1cc2c(cc1/C=C\C)oc1ccc(-c3ccc(-c4c5ccccc5c(-c5ccc(-c6ccccc6)cc5)c5ccccc45)cc3)cc12. The van der Waals surface area contributed by atoms with E-state index >= 15 is 0 Å². The molecule has 8 aromatic carbocycles. The van der Waals surface area contributed by atoms with Crippen molar-refractivity contribution in [3.63, 3.8) is 0 Å². The lowest BCUT2D eigenvalue weighted by molar-refractivity contribution is 0.669. The maximum atomic E-state index is 6.29. The first kappa shape index (κ1) is 29.7. The third-order valence-electron chi connectivity index (χ3n) is 9.96. The van der Waals surface area contributed by atoms with Crippen molar-refractivity contribution >= 4 is 55.6 Å². The Kier molecular flexibility index (Phi) is 7.25. The van der Waals surface area contributed by atoms with Gasteiger partial charge in [-0.15, -0.1) is 0 Å². The Labute approximate surface area is 292 Å². The van der Waals surface area contributed by atoms with Crippen LogP contribution in [0.1, 0.15) is 18.1 Å². The molecule has 50 heavy (non-hydrogen) atoms. The number of allylic oxidation sites excluding steroid dienone is 1. The maximum absolute atomic E-state index is 6.29. The molecule has 1 aromatic heterocycles. The molecule has 0 spiro atoms. The summed E-state index contributed by atoms with van der Waals surface area (Å²) in [5, 5.41) is 7.24. The molecular formula is C49H34O. The predicted octanol–water partition coefficient (Wildman–Crippen LogP) is 14.2. The first-order valence-corrected chi connectivity index (χ1v) is 17.2. The zero-order valence-corrected chi connectivity index (χ0v) is 27.9. The summed E-state index contributed by atoms with van der Waals surface area (Å²) in [4.78, 5) is 0. The first-order chi connectivity index (χ1) is 24.7. The van der Waals surface area contributed by atoms with E-state index in [0.29, 0.717) is 0 Å². The van der Waals surface area contributed by atoms with Gasteiger partial charge in [0.05, 0.1) is 0 Å². The lowest BCUT2D eigenvalue weighted by Crippen LogP contribution is -1.91. The Hall–Kier alpha value is -6.44. The summed E-state index contributed by atoms with van der Waals surface area (Å²) in [6.45, 7) is 6.08. The van der Waals surface area contributed by atoms with Gasteiger partial charge in [-0.1, -0.05) is 158 Å². The summed E-state index contributed by atoms with van der Waals surface area (Å²) < 4.78 is 6.29. The molecule has 0 unspecified atom stereocenters. The Morgan fingerprint density at radius 2 is 0.860 bits per heavy atom. The Balaban J connectivity index is 1.15. The molecule has 0 saturated carbocycles. The van der Waals surface area contributed by atoms with Crippen molar-refractivity contribution in [1.82, 2.24) is 0 Å². The zero-order valence-electron chi connectivity index (χ0n) is 27.9. The molecule has 9 aromatic rings. The standard InChI is InChI=1S/C49H34O/c1-3-12-38-31-47-45(29-32(38)4-2)44-30-39(27-28-46(44)50-47)35-21-25-37(26-22-35)49-42-17-10-8-15-40(42)48(41-16-9-11-18-43(41)49)36-23-19-34(20-24-36)33-13-6-5-7-14-33/h3-31H,2H2,1H3/b12-3-. The number of rotatable bonds is 6. The molecular weight excluding hydrogens is 605 g/mol. The topological polar surface area (TPSA) is 13.1 Å². The normalized spacial score (nSPS) is 11.7. The number of benzene rings is 8. The van der Waals surface area contributed by atoms with Gasteiger partial charge in [-0.2, -0.15) is 0 Å².